The van der Waals surface area contributed by atoms with Gasteiger partial charge < -0.3 is 10.1 Å². The molecule has 1 atom stereocenters. The van der Waals surface area contributed by atoms with Crippen LogP contribution < -0.4 is 10.8 Å². The van der Waals surface area contributed by atoms with Crippen molar-refractivity contribution in [2.45, 2.75) is 12.5 Å². The smallest absolute Gasteiger partial charge is 0.191 e. The van der Waals surface area contributed by atoms with E-state index in [-0.39, 0.29) is 6.10 Å². The van der Waals surface area contributed by atoms with Crippen molar-refractivity contribution in [1.29, 1.82) is 0 Å². The average molecular weight is 200 g/mol. The summed E-state index contributed by atoms with van der Waals surface area (Å²) in [4.78, 5) is 5.21. The van der Waals surface area contributed by atoms with Gasteiger partial charge in [0.2, 0.25) is 0 Å². The maximum absolute atomic E-state index is 5.21. The van der Waals surface area contributed by atoms with Gasteiger partial charge in [-0.15, -0.1) is 6.42 Å². The number of terminal acetylenes is 1. The fourth-order valence-electron chi connectivity index (χ4n) is 0.910. The van der Waals surface area contributed by atoms with Crippen LogP contribution in [0, 0.1) is 12.3 Å². The molecule has 2 N–H and O–H groups in total. The Morgan fingerprint density at radius 3 is 3.23 bits per heavy atom. The number of rotatable bonds is 3. The highest BCUT2D eigenvalue weighted by molar-refractivity contribution is 7.80. The van der Waals surface area contributed by atoms with Crippen LogP contribution >= 0.6 is 12.2 Å². The molecule has 1 saturated heterocycles. The fraction of sp³-hybridized carbons (Fsp3) is 0.625. The number of hydrogen-bond acceptors (Lipinski definition) is 3. The second kappa shape index (κ2) is 5.75. The van der Waals surface area contributed by atoms with Crippen LogP contribution in [0.5, 0.6) is 0 Å². The topological polar surface area (TPSA) is 42.5 Å². The quantitative estimate of drug-likeness (QED) is 0.375. The number of ether oxygens (including phenoxy) is 1. The lowest BCUT2D eigenvalue weighted by Gasteiger charge is -2.12. The summed E-state index contributed by atoms with van der Waals surface area (Å²) >= 11 is 4.87. The fourth-order valence-corrected chi connectivity index (χ4v) is 1.03. The minimum Gasteiger partial charge on any atom is -0.379 e. The molecule has 0 bridgehead atoms. The lowest BCUT2D eigenvalue weighted by Crippen LogP contribution is -2.38. The van der Waals surface area contributed by atoms with Gasteiger partial charge in [-0.05, 0) is 12.2 Å². The van der Waals surface area contributed by atoms with Crippen molar-refractivity contribution in [3.63, 3.8) is 0 Å². The largest absolute Gasteiger partial charge is 0.379 e. The van der Waals surface area contributed by atoms with E-state index in [9.17, 15) is 0 Å². The van der Waals surface area contributed by atoms with Gasteiger partial charge in [0, 0.05) is 13.0 Å². The highest BCUT2D eigenvalue weighted by Gasteiger charge is 2.16. The third-order valence-corrected chi connectivity index (χ3v) is 1.78. The van der Waals surface area contributed by atoms with Crippen molar-refractivity contribution >= 4 is 17.3 Å². The van der Waals surface area contributed by atoms with E-state index < -0.39 is 0 Å². The molecule has 0 aromatic heterocycles. The molecule has 13 heavy (non-hydrogen) atoms. The van der Waals surface area contributed by atoms with Gasteiger partial charge in [0.05, 0.1) is 13.2 Å². The van der Waals surface area contributed by atoms with Gasteiger partial charge in [-0.3, -0.25) is 4.84 Å². The summed E-state index contributed by atoms with van der Waals surface area (Å²) < 4.78 is 5.11. The maximum atomic E-state index is 5.21. The summed E-state index contributed by atoms with van der Waals surface area (Å²) in [5, 5.41) is 3.18. The van der Waals surface area contributed by atoms with Gasteiger partial charge in [-0.25, -0.2) is 5.48 Å². The minimum absolute atomic E-state index is 0.0885. The first kappa shape index (κ1) is 10.3. The van der Waals surface area contributed by atoms with Crippen molar-refractivity contribution in [2.24, 2.45) is 0 Å². The van der Waals surface area contributed by atoms with Gasteiger partial charge in [-0.2, -0.15) is 0 Å². The van der Waals surface area contributed by atoms with Crippen molar-refractivity contribution in [3.8, 4) is 12.3 Å². The van der Waals surface area contributed by atoms with Gasteiger partial charge >= 0.3 is 0 Å². The Labute approximate surface area is 82.9 Å². The van der Waals surface area contributed by atoms with Crippen LogP contribution in [0.4, 0.5) is 0 Å². The molecule has 1 fully saturated rings. The van der Waals surface area contributed by atoms with Crippen LogP contribution in [0.3, 0.4) is 0 Å². The summed E-state index contributed by atoms with van der Waals surface area (Å²) in [7, 11) is 0. The summed E-state index contributed by atoms with van der Waals surface area (Å²) in [5.74, 6) is 2.41. The van der Waals surface area contributed by atoms with Gasteiger partial charge in [0.1, 0.15) is 6.10 Å². The van der Waals surface area contributed by atoms with Crippen molar-refractivity contribution in [1.82, 2.24) is 10.8 Å². The van der Waals surface area contributed by atoms with Crippen LogP contribution in [-0.2, 0) is 9.57 Å². The standard InChI is InChI=1S/C8H12N2O2S/c1-2-4-9-8(13)10-12-7-3-5-11-6-7/h1,7H,3-6H2,(H2,9,10,13). The molecule has 1 rings (SSSR count). The van der Waals surface area contributed by atoms with E-state index in [4.69, 9.17) is 28.2 Å². The highest BCUT2D eigenvalue weighted by atomic mass is 32.1. The lowest BCUT2D eigenvalue weighted by atomic mass is 10.3. The molecule has 0 aromatic carbocycles. The first-order valence-electron chi connectivity index (χ1n) is 4.03. The molecule has 1 unspecified atom stereocenters. The summed E-state index contributed by atoms with van der Waals surface area (Å²) in [6, 6.07) is 0. The van der Waals surface area contributed by atoms with E-state index in [0.717, 1.165) is 13.0 Å². The zero-order chi connectivity index (χ0) is 9.52. The van der Waals surface area contributed by atoms with Crippen molar-refractivity contribution in [2.75, 3.05) is 19.8 Å². The SMILES string of the molecule is C#CCNC(=S)NOC1CCOC1. The molecule has 0 radical (unpaired) electrons. The second-order valence-electron chi connectivity index (χ2n) is 2.59. The Hall–Kier alpha value is -0.830. The molecule has 72 valence electrons. The molecule has 0 amide bonds. The van der Waals surface area contributed by atoms with E-state index in [2.05, 4.69) is 16.7 Å². The van der Waals surface area contributed by atoms with Gasteiger partial charge in [0.25, 0.3) is 0 Å². The van der Waals surface area contributed by atoms with Crippen LogP contribution in [0.1, 0.15) is 6.42 Å². The first-order chi connectivity index (χ1) is 6.33. The molecule has 5 heteroatoms. The highest BCUT2D eigenvalue weighted by Crippen LogP contribution is 2.05. The molecule has 0 aliphatic carbocycles. The number of hydrogen-bond donors (Lipinski definition) is 2. The van der Waals surface area contributed by atoms with E-state index in [1.54, 1.807) is 0 Å². The Morgan fingerprint density at radius 2 is 2.62 bits per heavy atom. The molecule has 1 heterocycles. The Bertz CT molecular complexity index is 209. The third-order valence-electron chi connectivity index (χ3n) is 1.56. The molecular weight excluding hydrogens is 188 g/mol. The molecule has 4 nitrogen and oxygen atoms in total. The van der Waals surface area contributed by atoms with Crippen LogP contribution in [0.2, 0.25) is 0 Å². The summed E-state index contributed by atoms with van der Waals surface area (Å²) in [6.45, 7) is 1.76. The first-order valence-corrected chi connectivity index (χ1v) is 4.44. The van der Waals surface area contributed by atoms with E-state index in [0.29, 0.717) is 18.3 Å². The van der Waals surface area contributed by atoms with Gasteiger partial charge in [-0.1, -0.05) is 5.92 Å². The Balaban J connectivity index is 2.04. The lowest BCUT2D eigenvalue weighted by molar-refractivity contribution is 0.00445. The van der Waals surface area contributed by atoms with Crippen molar-refractivity contribution in [3.05, 3.63) is 0 Å². The maximum Gasteiger partial charge on any atom is 0.191 e. The Kier molecular flexibility index (Phi) is 4.54. The normalized spacial score (nSPS) is 20.7. The molecule has 0 aromatic rings. The molecular formula is C8H12N2O2S. The molecule has 0 saturated carbocycles. The number of nitrogens with one attached hydrogen (secondary N) is 2. The average Bonchev–Trinajstić information content (AvgIpc) is 2.64. The van der Waals surface area contributed by atoms with E-state index in [1.165, 1.54) is 0 Å². The van der Waals surface area contributed by atoms with Crippen LogP contribution in [0.15, 0.2) is 0 Å². The number of thiocarbonyl (C=S) groups is 1. The molecule has 1 aliphatic heterocycles. The van der Waals surface area contributed by atoms with E-state index in [1.807, 2.05) is 0 Å². The second-order valence-corrected chi connectivity index (χ2v) is 3.00. The predicted octanol–water partition coefficient (Wildman–Crippen LogP) is -0.196. The van der Waals surface area contributed by atoms with Gasteiger partial charge in [0.15, 0.2) is 5.11 Å². The Morgan fingerprint density at radius 1 is 1.77 bits per heavy atom. The molecule has 1 aliphatic rings. The monoisotopic (exact) mass is 200 g/mol. The van der Waals surface area contributed by atoms with Crippen molar-refractivity contribution < 1.29 is 9.57 Å². The van der Waals surface area contributed by atoms with E-state index >= 15 is 0 Å². The summed E-state index contributed by atoms with van der Waals surface area (Å²) in [5.41, 5.74) is 2.60. The predicted molar refractivity (Wildman–Crippen MR) is 52.9 cm³/mol. The molecule has 0 spiro atoms. The van der Waals surface area contributed by atoms with Crippen LogP contribution in [-0.4, -0.2) is 31.0 Å². The number of hydroxylamine groups is 1. The summed E-state index contributed by atoms with van der Waals surface area (Å²) in [6.07, 6.45) is 6.02. The zero-order valence-electron chi connectivity index (χ0n) is 7.21. The minimum atomic E-state index is 0.0885. The zero-order valence-corrected chi connectivity index (χ0v) is 8.02. The van der Waals surface area contributed by atoms with Crippen LogP contribution in [0.25, 0.3) is 0 Å². The third kappa shape index (κ3) is 4.08.